The average Bonchev–Trinajstić information content (AvgIpc) is 2.76. The van der Waals surface area contributed by atoms with Crippen LogP contribution in [0.25, 0.3) is 10.9 Å². The SMILES string of the molecule is Cc1ccc2cc(C(=O)N[C@@H]3CCS(=O)(=O)C3)c(C)nc2c1. The van der Waals surface area contributed by atoms with E-state index in [0.717, 1.165) is 16.5 Å². The third kappa shape index (κ3) is 2.97. The molecule has 0 unspecified atom stereocenters. The molecule has 6 heteroatoms. The Kier molecular flexibility index (Phi) is 3.64. The molecule has 0 radical (unpaired) electrons. The monoisotopic (exact) mass is 318 g/mol. The van der Waals surface area contributed by atoms with Gasteiger partial charge >= 0.3 is 0 Å². The van der Waals surface area contributed by atoms with Gasteiger partial charge in [-0.1, -0.05) is 12.1 Å². The molecule has 1 atom stereocenters. The van der Waals surface area contributed by atoms with Crippen LogP contribution in [0.4, 0.5) is 0 Å². The minimum atomic E-state index is -3.00. The van der Waals surface area contributed by atoms with Crippen molar-refractivity contribution in [1.29, 1.82) is 0 Å². The van der Waals surface area contributed by atoms with Crippen molar-refractivity contribution in [2.75, 3.05) is 11.5 Å². The number of carbonyl (C=O) groups is 1. The zero-order valence-electron chi connectivity index (χ0n) is 12.6. The molecule has 22 heavy (non-hydrogen) atoms. The molecule has 0 saturated carbocycles. The number of rotatable bonds is 2. The summed E-state index contributed by atoms with van der Waals surface area (Å²) in [5.41, 5.74) is 3.13. The number of benzene rings is 1. The van der Waals surface area contributed by atoms with Gasteiger partial charge in [-0.2, -0.15) is 0 Å². The predicted molar refractivity (Wildman–Crippen MR) is 85.7 cm³/mol. The van der Waals surface area contributed by atoms with Crippen molar-refractivity contribution < 1.29 is 13.2 Å². The molecule has 1 aliphatic heterocycles. The van der Waals surface area contributed by atoms with Crippen molar-refractivity contribution >= 4 is 26.6 Å². The molecule has 116 valence electrons. The summed E-state index contributed by atoms with van der Waals surface area (Å²) in [5, 5.41) is 3.71. The fraction of sp³-hybridized carbons (Fsp3) is 0.375. The highest BCUT2D eigenvalue weighted by molar-refractivity contribution is 7.91. The Morgan fingerprint density at radius 2 is 2.05 bits per heavy atom. The number of aryl methyl sites for hydroxylation is 2. The number of aromatic nitrogens is 1. The lowest BCUT2D eigenvalue weighted by molar-refractivity contribution is 0.0940. The van der Waals surface area contributed by atoms with E-state index in [1.807, 2.05) is 31.2 Å². The van der Waals surface area contributed by atoms with Crippen molar-refractivity contribution in [3.63, 3.8) is 0 Å². The van der Waals surface area contributed by atoms with Crippen LogP contribution in [0.3, 0.4) is 0 Å². The normalized spacial score (nSPS) is 20.2. The molecule has 2 heterocycles. The van der Waals surface area contributed by atoms with E-state index in [9.17, 15) is 13.2 Å². The van der Waals surface area contributed by atoms with Gasteiger partial charge in [0.05, 0.1) is 28.3 Å². The molecular weight excluding hydrogens is 300 g/mol. The number of hydrogen-bond donors (Lipinski definition) is 1. The van der Waals surface area contributed by atoms with Crippen LogP contribution in [0, 0.1) is 13.8 Å². The van der Waals surface area contributed by atoms with Crippen LogP contribution in [0.15, 0.2) is 24.3 Å². The maximum atomic E-state index is 12.4. The van der Waals surface area contributed by atoms with Gasteiger partial charge in [-0.3, -0.25) is 9.78 Å². The molecule has 1 amide bonds. The van der Waals surface area contributed by atoms with Crippen molar-refractivity contribution in [3.05, 3.63) is 41.1 Å². The molecule has 0 bridgehead atoms. The molecule has 1 saturated heterocycles. The number of nitrogens with zero attached hydrogens (tertiary/aromatic N) is 1. The minimum absolute atomic E-state index is 0.0258. The second-order valence-corrected chi connectivity index (χ2v) is 8.12. The van der Waals surface area contributed by atoms with Gasteiger partial charge < -0.3 is 5.32 Å². The fourth-order valence-electron chi connectivity index (χ4n) is 2.78. The number of amides is 1. The Hall–Kier alpha value is -1.95. The second-order valence-electron chi connectivity index (χ2n) is 5.89. The van der Waals surface area contributed by atoms with Crippen LogP contribution in [0.2, 0.25) is 0 Å². The lowest BCUT2D eigenvalue weighted by Crippen LogP contribution is -2.36. The largest absolute Gasteiger partial charge is 0.348 e. The molecule has 1 aromatic heterocycles. The Labute approximate surface area is 129 Å². The molecule has 0 aliphatic carbocycles. The third-order valence-corrected chi connectivity index (χ3v) is 5.74. The molecule has 5 nitrogen and oxygen atoms in total. The van der Waals surface area contributed by atoms with E-state index in [1.54, 1.807) is 6.92 Å². The Morgan fingerprint density at radius 3 is 2.73 bits per heavy atom. The van der Waals surface area contributed by atoms with Crippen LogP contribution >= 0.6 is 0 Å². The van der Waals surface area contributed by atoms with E-state index >= 15 is 0 Å². The maximum absolute atomic E-state index is 12.4. The predicted octanol–water partition coefficient (Wildman–Crippen LogP) is 1.77. The van der Waals surface area contributed by atoms with E-state index in [4.69, 9.17) is 0 Å². The lowest BCUT2D eigenvalue weighted by Gasteiger charge is -2.13. The molecule has 1 aliphatic rings. The minimum Gasteiger partial charge on any atom is -0.348 e. The summed E-state index contributed by atoms with van der Waals surface area (Å²) in [4.78, 5) is 16.9. The number of pyridine rings is 1. The van der Waals surface area contributed by atoms with E-state index in [1.165, 1.54) is 0 Å². The number of sulfone groups is 1. The molecule has 1 N–H and O–H groups in total. The first-order valence-electron chi connectivity index (χ1n) is 7.23. The summed E-state index contributed by atoms with van der Waals surface area (Å²) in [6.45, 7) is 3.79. The van der Waals surface area contributed by atoms with Crippen molar-refractivity contribution in [2.24, 2.45) is 0 Å². The number of fused-ring (bicyclic) bond motifs is 1. The van der Waals surface area contributed by atoms with Gasteiger partial charge in [-0.25, -0.2) is 8.42 Å². The summed E-state index contributed by atoms with van der Waals surface area (Å²) in [5.74, 6) is -0.0842. The molecule has 0 spiro atoms. The zero-order chi connectivity index (χ0) is 15.9. The van der Waals surface area contributed by atoms with Crippen LogP contribution in [0.5, 0.6) is 0 Å². The molecule has 3 rings (SSSR count). The summed E-state index contributed by atoms with van der Waals surface area (Å²) in [7, 11) is -3.00. The smallest absolute Gasteiger partial charge is 0.253 e. The highest BCUT2D eigenvalue weighted by Crippen LogP contribution is 2.19. The Balaban J connectivity index is 1.88. The molecule has 1 fully saturated rings. The van der Waals surface area contributed by atoms with Gasteiger partial charge in [-0.05, 0) is 38.0 Å². The first kappa shape index (κ1) is 15.0. The molecular formula is C16H18N2O3S. The third-order valence-electron chi connectivity index (χ3n) is 3.98. The van der Waals surface area contributed by atoms with Crippen LogP contribution in [-0.4, -0.2) is 36.9 Å². The average molecular weight is 318 g/mol. The van der Waals surface area contributed by atoms with Gasteiger partial charge in [0.2, 0.25) is 0 Å². The standard InChI is InChI=1S/C16H18N2O3S/c1-10-3-4-12-8-14(11(2)17-15(12)7-10)16(19)18-13-5-6-22(20,21)9-13/h3-4,7-8,13H,5-6,9H2,1-2H3,(H,18,19)/t13-/m1/s1. The van der Waals surface area contributed by atoms with Crippen LogP contribution < -0.4 is 5.32 Å². The highest BCUT2D eigenvalue weighted by atomic mass is 32.2. The number of nitrogens with one attached hydrogen (secondary N) is 1. The van der Waals surface area contributed by atoms with E-state index in [0.29, 0.717) is 17.7 Å². The van der Waals surface area contributed by atoms with Gasteiger partial charge in [-0.15, -0.1) is 0 Å². The van der Waals surface area contributed by atoms with Gasteiger partial charge in [0.25, 0.3) is 5.91 Å². The Bertz CT molecular complexity index is 859. The van der Waals surface area contributed by atoms with Crippen molar-refractivity contribution in [2.45, 2.75) is 26.3 Å². The topological polar surface area (TPSA) is 76.1 Å². The molecule has 2 aromatic rings. The quantitative estimate of drug-likeness (QED) is 0.915. The summed E-state index contributed by atoms with van der Waals surface area (Å²) in [6, 6.07) is 7.41. The first-order chi connectivity index (χ1) is 10.3. The maximum Gasteiger partial charge on any atom is 0.253 e. The summed E-state index contributed by atoms with van der Waals surface area (Å²) >= 11 is 0. The van der Waals surface area contributed by atoms with Crippen molar-refractivity contribution in [1.82, 2.24) is 10.3 Å². The highest BCUT2D eigenvalue weighted by Gasteiger charge is 2.29. The summed E-state index contributed by atoms with van der Waals surface area (Å²) < 4.78 is 22.9. The van der Waals surface area contributed by atoms with E-state index < -0.39 is 9.84 Å². The van der Waals surface area contributed by atoms with Gasteiger partial charge in [0, 0.05) is 11.4 Å². The van der Waals surface area contributed by atoms with E-state index in [-0.39, 0.29) is 23.5 Å². The van der Waals surface area contributed by atoms with Crippen LogP contribution in [0.1, 0.15) is 28.0 Å². The van der Waals surface area contributed by atoms with Crippen molar-refractivity contribution in [3.8, 4) is 0 Å². The zero-order valence-corrected chi connectivity index (χ0v) is 13.4. The molecule has 1 aromatic carbocycles. The van der Waals surface area contributed by atoms with Gasteiger partial charge in [0.1, 0.15) is 0 Å². The first-order valence-corrected chi connectivity index (χ1v) is 9.05. The second kappa shape index (κ2) is 5.35. The van der Waals surface area contributed by atoms with E-state index in [2.05, 4.69) is 10.3 Å². The number of hydrogen-bond acceptors (Lipinski definition) is 4. The fourth-order valence-corrected chi connectivity index (χ4v) is 4.45. The lowest BCUT2D eigenvalue weighted by atomic mass is 10.1. The van der Waals surface area contributed by atoms with Crippen LogP contribution in [-0.2, 0) is 9.84 Å². The van der Waals surface area contributed by atoms with Gasteiger partial charge in [0.15, 0.2) is 9.84 Å². The summed E-state index contributed by atoms with van der Waals surface area (Å²) in [6.07, 6.45) is 0.479. The number of carbonyl (C=O) groups excluding carboxylic acids is 1. The Morgan fingerprint density at radius 1 is 1.27 bits per heavy atom.